The highest BCUT2D eigenvalue weighted by Crippen LogP contribution is 2.19. The number of hydrogen-bond donors (Lipinski definition) is 3. The number of piperidine rings is 1. The monoisotopic (exact) mass is 363 g/mol. The molecule has 0 radical (unpaired) electrons. The Labute approximate surface area is 152 Å². The van der Waals surface area contributed by atoms with Crippen LogP contribution in [0, 0.1) is 11.7 Å². The maximum absolute atomic E-state index is 13.2. The molecule has 8 heteroatoms. The topological polar surface area (TPSA) is 99.8 Å². The quantitative estimate of drug-likeness (QED) is 0.524. The molecule has 142 valence electrons. The summed E-state index contributed by atoms with van der Waals surface area (Å²) in [4.78, 5) is 29.7. The number of amides is 2. The molecule has 0 aliphatic carbocycles. The lowest BCUT2D eigenvalue weighted by Gasteiger charge is -2.34. The average Bonchev–Trinajstić information content (AvgIpc) is 2.58. The Morgan fingerprint density at radius 1 is 1.42 bits per heavy atom. The molecule has 1 aliphatic heterocycles. The second-order valence-electron chi connectivity index (χ2n) is 6.35. The molecule has 7 nitrogen and oxygen atoms in total. The molecule has 0 bridgehead atoms. The average molecular weight is 363 g/mol. The lowest BCUT2D eigenvalue weighted by atomic mass is 9.95. The molecule has 1 heterocycles. The molecular formula is C18H26FN5O2. The SMILES string of the molecule is CCNC(=NCC(=O)Nc1cccc(F)c1)N1CCCC(CC(N)=O)C1. The first-order valence-electron chi connectivity index (χ1n) is 8.85. The van der Waals surface area contributed by atoms with Crippen molar-refractivity contribution in [1.29, 1.82) is 0 Å². The Balaban J connectivity index is 1.96. The molecule has 0 spiro atoms. The first kappa shape index (κ1) is 19.7. The van der Waals surface area contributed by atoms with Gasteiger partial charge in [0.15, 0.2) is 5.96 Å². The molecule has 1 aliphatic rings. The summed E-state index contributed by atoms with van der Waals surface area (Å²) in [6.45, 7) is 4.04. The van der Waals surface area contributed by atoms with Crippen LogP contribution in [0.5, 0.6) is 0 Å². The summed E-state index contributed by atoms with van der Waals surface area (Å²) in [5.41, 5.74) is 5.70. The number of rotatable bonds is 6. The van der Waals surface area contributed by atoms with Crippen LogP contribution >= 0.6 is 0 Å². The van der Waals surface area contributed by atoms with Gasteiger partial charge in [-0.2, -0.15) is 0 Å². The maximum atomic E-state index is 13.2. The van der Waals surface area contributed by atoms with Gasteiger partial charge in [-0.3, -0.25) is 9.59 Å². The van der Waals surface area contributed by atoms with Gasteiger partial charge in [0.05, 0.1) is 0 Å². The number of nitrogens with zero attached hydrogens (tertiary/aromatic N) is 2. The van der Waals surface area contributed by atoms with Gasteiger partial charge in [0.1, 0.15) is 12.4 Å². The van der Waals surface area contributed by atoms with E-state index in [2.05, 4.69) is 20.5 Å². The highest BCUT2D eigenvalue weighted by molar-refractivity contribution is 5.94. The van der Waals surface area contributed by atoms with Crippen molar-refractivity contribution in [2.75, 3.05) is 31.5 Å². The van der Waals surface area contributed by atoms with Crippen molar-refractivity contribution in [3.8, 4) is 0 Å². The minimum absolute atomic E-state index is 0.0736. The summed E-state index contributed by atoms with van der Waals surface area (Å²) in [5.74, 6) is -0.194. The number of hydrogen-bond acceptors (Lipinski definition) is 3. The van der Waals surface area contributed by atoms with Gasteiger partial charge in [0, 0.05) is 31.7 Å². The number of nitrogens with one attached hydrogen (secondary N) is 2. The summed E-state index contributed by atoms with van der Waals surface area (Å²) >= 11 is 0. The fourth-order valence-corrected chi connectivity index (χ4v) is 3.05. The first-order chi connectivity index (χ1) is 12.5. The van der Waals surface area contributed by atoms with E-state index < -0.39 is 5.82 Å². The second-order valence-corrected chi connectivity index (χ2v) is 6.35. The largest absolute Gasteiger partial charge is 0.370 e. The Bertz CT molecular complexity index is 665. The molecule has 0 aromatic heterocycles. The van der Waals surface area contributed by atoms with Gasteiger partial charge in [0.2, 0.25) is 11.8 Å². The van der Waals surface area contributed by atoms with E-state index in [0.717, 1.165) is 19.4 Å². The fraction of sp³-hybridized carbons (Fsp3) is 0.500. The van der Waals surface area contributed by atoms with Gasteiger partial charge in [-0.05, 0) is 43.9 Å². The van der Waals surface area contributed by atoms with Crippen molar-refractivity contribution >= 4 is 23.5 Å². The van der Waals surface area contributed by atoms with E-state index in [-0.39, 0.29) is 24.3 Å². The van der Waals surface area contributed by atoms with Crippen LogP contribution in [0.15, 0.2) is 29.3 Å². The van der Waals surface area contributed by atoms with Crippen LogP contribution in [-0.2, 0) is 9.59 Å². The smallest absolute Gasteiger partial charge is 0.246 e. The Hall–Kier alpha value is -2.64. The predicted molar refractivity (Wildman–Crippen MR) is 99.1 cm³/mol. The number of benzene rings is 1. The van der Waals surface area contributed by atoms with E-state index in [4.69, 9.17) is 5.73 Å². The summed E-state index contributed by atoms with van der Waals surface area (Å²) in [6, 6.07) is 5.72. The van der Waals surface area contributed by atoms with Crippen molar-refractivity contribution in [1.82, 2.24) is 10.2 Å². The highest BCUT2D eigenvalue weighted by atomic mass is 19.1. The standard InChI is InChI=1S/C18H26FN5O2/c1-2-21-18(24-8-4-5-13(12-24)9-16(20)25)22-11-17(26)23-15-7-3-6-14(19)10-15/h3,6-7,10,13H,2,4-5,8-9,11-12H2,1H3,(H2,20,25)(H,21,22)(H,23,26). The molecule has 0 saturated carbocycles. The zero-order valence-electron chi connectivity index (χ0n) is 15.0. The van der Waals surface area contributed by atoms with Crippen LogP contribution in [0.1, 0.15) is 26.2 Å². The number of anilines is 1. The number of carbonyl (C=O) groups excluding carboxylic acids is 2. The normalized spacial score (nSPS) is 17.7. The molecule has 1 saturated heterocycles. The zero-order valence-corrected chi connectivity index (χ0v) is 15.0. The third-order valence-corrected chi connectivity index (χ3v) is 4.12. The molecule has 4 N–H and O–H groups in total. The number of primary amides is 1. The van der Waals surface area contributed by atoms with E-state index in [9.17, 15) is 14.0 Å². The molecule has 1 atom stereocenters. The molecular weight excluding hydrogens is 337 g/mol. The Kier molecular flexibility index (Phi) is 7.37. The first-order valence-corrected chi connectivity index (χ1v) is 8.85. The number of nitrogens with two attached hydrogens (primary N) is 1. The van der Waals surface area contributed by atoms with E-state index in [1.54, 1.807) is 6.07 Å². The van der Waals surface area contributed by atoms with Crippen LogP contribution in [0.4, 0.5) is 10.1 Å². The van der Waals surface area contributed by atoms with Crippen LogP contribution < -0.4 is 16.4 Å². The summed E-state index contributed by atoms with van der Waals surface area (Å²) < 4.78 is 13.2. The van der Waals surface area contributed by atoms with Crippen molar-refractivity contribution in [2.24, 2.45) is 16.6 Å². The third-order valence-electron chi connectivity index (χ3n) is 4.12. The van der Waals surface area contributed by atoms with Crippen molar-refractivity contribution in [3.63, 3.8) is 0 Å². The van der Waals surface area contributed by atoms with Crippen molar-refractivity contribution in [2.45, 2.75) is 26.2 Å². The number of guanidine groups is 1. The molecule has 1 unspecified atom stereocenters. The van der Waals surface area contributed by atoms with Crippen LogP contribution in [0.3, 0.4) is 0 Å². The van der Waals surface area contributed by atoms with E-state index in [1.807, 2.05) is 6.92 Å². The molecule has 1 aromatic carbocycles. The van der Waals surface area contributed by atoms with E-state index in [0.29, 0.717) is 31.2 Å². The van der Waals surface area contributed by atoms with Crippen molar-refractivity contribution in [3.05, 3.63) is 30.1 Å². The number of halogens is 1. The lowest BCUT2D eigenvalue weighted by Crippen LogP contribution is -2.47. The maximum Gasteiger partial charge on any atom is 0.246 e. The molecule has 1 aromatic rings. The highest BCUT2D eigenvalue weighted by Gasteiger charge is 2.23. The lowest BCUT2D eigenvalue weighted by molar-refractivity contribution is -0.119. The van der Waals surface area contributed by atoms with Crippen molar-refractivity contribution < 1.29 is 14.0 Å². The summed E-state index contributed by atoms with van der Waals surface area (Å²) in [7, 11) is 0. The van der Waals surface area contributed by atoms with Gasteiger partial charge < -0.3 is 21.3 Å². The van der Waals surface area contributed by atoms with Gasteiger partial charge in [-0.15, -0.1) is 0 Å². The minimum atomic E-state index is -0.409. The van der Waals surface area contributed by atoms with Crippen LogP contribution in [-0.4, -0.2) is 48.9 Å². The van der Waals surface area contributed by atoms with Crippen LogP contribution in [0.25, 0.3) is 0 Å². The van der Waals surface area contributed by atoms with Crippen LogP contribution in [0.2, 0.25) is 0 Å². The van der Waals surface area contributed by atoms with Gasteiger partial charge in [0.25, 0.3) is 0 Å². The predicted octanol–water partition coefficient (Wildman–Crippen LogP) is 1.32. The zero-order chi connectivity index (χ0) is 18.9. The number of aliphatic imine (C=N–C) groups is 1. The van der Waals surface area contributed by atoms with Gasteiger partial charge in [-0.1, -0.05) is 6.07 Å². The Morgan fingerprint density at radius 2 is 2.23 bits per heavy atom. The third kappa shape index (κ3) is 6.34. The number of carbonyl (C=O) groups is 2. The molecule has 26 heavy (non-hydrogen) atoms. The van der Waals surface area contributed by atoms with Gasteiger partial charge >= 0.3 is 0 Å². The molecule has 2 amide bonds. The summed E-state index contributed by atoms with van der Waals surface area (Å²) in [5, 5.41) is 5.80. The Morgan fingerprint density at radius 3 is 2.92 bits per heavy atom. The number of likely N-dealkylation sites (tertiary alicyclic amines) is 1. The minimum Gasteiger partial charge on any atom is -0.370 e. The second kappa shape index (κ2) is 9.74. The molecule has 2 rings (SSSR count). The summed E-state index contributed by atoms with van der Waals surface area (Å²) in [6.07, 6.45) is 2.26. The fourth-order valence-electron chi connectivity index (χ4n) is 3.05. The van der Waals surface area contributed by atoms with E-state index in [1.165, 1.54) is 18.2 Å². The van der Waals surface area contributed by atoms with Gasteiger partial charge in [-0.25, -0.2) is 9.38 Å². The molecule has 1 fully saturated rings. The van der Waals surface area contributed by atoms with E-state index >= 15 is 0 Å².